The molecule has 2 aliphatic rings. The van der Waals surface area contributed by atoms with Gasteiger partial charge in [0, 0.05) is 19.3 Å². The van der Waals surface area contributed by atoms with Crippen LogP contribution in [0.4, 0.5) is 30.9 Å². The number of aliphatic hydroxyl groups excluding tert-OH is 1. The van der Waals surface area contributed by atoms with Gasteiger partial charge in [-0.25, -0.2) is 23.5 Å². The quantitative estimate of drug-likeness (QED) is 0.678. The highest BCUT2D eigenvalue weighted by Crippen LogP contribution is 2.39. The fourth-order valence-corrected chi connectivity index (χ4v) is 3.56. The molecule has 3 N–H and O–H groups in total. The van der Waals surface area contributed by atoms with Gasteiger partial charge >= 0.3 is 6.03 Å². The van der Waals surface area contributed by atoms with Crippen LogP contribution in [0.3, 0.4) is 0 Å². The van der Waals surface area contributed by atoms with E-state index in [2.05, 4.69) is 25.5 Å². The second-order valence-electron chi connectivity index (χ2n) is 7.14. The second kappa shape index (κ2) is 7.82. The van der Waals surface area contributed by atoms with Crippen molar-refractivity contribution >= 4 is 29.3 Å². The lowest BCUT2D eigenvalue weighted by Gasteiger charge is -2.35. The van der Waals surface area contributed by atoms with Crippen LogP contribution in [0.15, 0.2) is 36.5 Å². The molecule has 9 nitrogen and oxygen atoms in total. The molecule has 158 valence electrons. The Labute approximate surface area is 170 Å². The minimum atomic E-state index is -3.43. The van der Waals surface area contributed by atoms with Gasteiger partial charge in [-0.05, 0) is 30.7 Å². The number of urea groups is 1. The van der Waals surface area contributed by atoms with E-state index in [1.165, 1.54) is 11.0 Å². The molecule has 2 aromatic rings. The molecule has 3 amide bonds. The van der Waals surface area contributed by atoms with Crippen molar-refractivity contribution in [1.29, 1.82) is 0 Å². The number of fused-ring (bicyclic) bond motifs is 4. The summed E-state index contributed by atoms with van der Waals surface area (Å²) in [4.78, 5) is 37.2. The average molecular weight is 418 g/mol. The van der Waals surface area contributed by atoms with E-state index in [-0.39, 0.29) is 11.7 Å². The lowest BCUT2D eigenvalue weighted by molar-refractivity contribution is -0.0462. The number of nitrogens with zero attached hydrogens (tertiary/aromatic N) is 4. The molecule has 4 heterocycles. The van der Waals surface area contributed by atoms with Crippen LogP contribution in [0.1, 0.15) is 16.9 Å². The number of carbonyl (C=O) groups is 2. The third-order valence-electron chi connectivity index (χ3n) is 5.04. The number of hydrogen-bond donors (Lipinski definition) is 3. The highest BCUT2D eigenvalue weighted by Gasteiger charge is 2.40. The molecular weight excluding hydrogens is 398 g/mol. The largest absolute Gasteiger partial charge is 0.390 e. The minimum Gasteiger partial charge on any atom is -0.390 e. The summed E-state index contributed by atoms with van der Waals surface area (Å²) in [6, 6.07) is 7.65. The van der Waals surface area contributed by atoms with Gasteiger partial charge in [0.1, 0.15) is 18.1 Å². The Balaban J connectivity index is 1.60. The van der Waals surface area contributed by atoms with Crippen LogP contribution >= 0.6 is 0 Å². The van der Waals surface area contributed by atoms with Gasteiger partial charge in [-0.15, -0.1) is 0 Å². The van der Waals surface area contributed by atoms with E-state index in [4.69, 9.17) is 5.11 Å². The Bertz CT molecular complexity index is 959. The molecule has 0 spiro atoms. The molecule has 30 heavy (non-hydrogen) atoms. The van der Waals surface area contributed by atoms with E-state index in [0.29, 0.717) is 23.9 Å². The van der Waals surface area contributed by atoms with Crippen molar-refractivity contribution in [2.24, 2.45) is 0 Å². The fourth-order valence-electron chi connectivity index (χ4n) is 3.56. The summed E-state index contributed by atoms with van der Waals surface area (Å²) >= 11 is 0. The monoisotopic (exact) mass is 418 g/mol. The van der Waals surface area contributed by atoms with Crippen LogP contribution in [0.2, 0.25) is 0 Å². The first-order valence-corrected chi connectivity index (χ1v) is 9.42. The predicted octanol–water partition coefficient (Wildman–Crippen LogP) is 1.46. The van der Waals surface area contributed by atoms with Gasteiger partial charge in [0.05, 0.1) is 18.3 Å². The number of carbonyl (C=O) groups excluding carboxylic acids is 2. The van der Waals surface area contributed by atoms with Crippen molar-refractivity contribution in [2.75, 3.05) is 41.4 Å². The molecule has 2 bridgehead atoms. The number of alkyl halides is 2. The Kier molecular flexibility index (Phi) is 5.20. The van der Waals surface area contributed by atoms with Crippen molar-refractivity contribution in [3.05, 3.63) is 42.2 Å². The number of aliphatic hydroxyl groups is 1. The maximum absolute atomic E-state index is 13.2. The number of anilines is 3. The zero-order valence-electron chi connectivity index (χ0n) is 15.9. The maximum atomic E-state index is 13.2. The Hall–Kier alpha value is -3.34. The van der Waals surface area contributed by atoms with E-state index >= 15 is 0 Å². The van der Waals surface area contributed by atoms with Crippen LogP contribution in [0.25, 0.3) is 0 Å². The minimum absolute atomic E-state index is 0.0966. The summed E-state index contributed by atoms with van der Waals surface area (Å²) in [7, 11) is 0. The lowest BCUT2D eigenvalue weighted by Crippen LogP contribution is -2.48. The number of pyridine rings is 2. The number of amides is 3. The van der Waals surface area contributed by atoms with Gasteiger partial charge in [-0.3, -0.25) is 15.0 Å². The van der Waals surface area contributed by atoms with Gasteiger partial charge in [-0.1, -0.05) is 6.07 Å². The van der Waals surface area contributed by atoms with Crippen LogP contribution < -0.4 is 20.4 Å². The molecule has 0 aromatic carbocycles. The van der Waals surface area contributed by atoms with Gasteiger partial charge in [0.15, 0.2) is 5.82 Å². The first kappa shape index (κ1) is 20.0. The van der Waals surface area contributed by atoms with E-state index in [1.807, 2.05) is 0 Å². The molecule has 0 saturated carbocycles. The molecule has 1 fully saturated rings. The van der Waals surface area contributed by atoms with Crippen molar-refractivity contribution in [1.82, 2.24) is 15.3 Å². The third-order valence-corrected chi connectivity index (χ3v) is 5.04. The average Bonchev–Trinajstić information content (AvgIpc) is 3.16. The maximum Gasteiger partial charge on any atom is 0.329 e. The van der Waals surface area contributed by atoms with Crippen molar-refractivity contribution < 1.29 is 23.5 Å². The molecule has 2 aliphatic heterocycles. The van der Waals surface area contributed by atoms with Gasteiger partial charge in [0.25, 0.3) is 11.8 Å². The number of aromatic nitrogens is 2. The summed E-state index contributed by atoms with van der Waals surface area (Å²) in [6.45, 7) is -1.01. The highest BCUT2D eigenvalue weighted by atomic mass is 19.3. The summed E-state index contributed by atoms with van der Waals surface area (Å²) in [6.07, 6.45) is 2.29. The van der Waals surface area contributed by atoms with Crippen LogP contribution in [0, 0.1) is 0 Å². The molecule has 1 atom stereocenters. The molecule has 1 saturated heterocycles. The van der Waals surface area contributed by atoms with E-state index in [1.54, 1.807) is 30.5 Å². The highest BCUT2D eigenvalue weighted by molar-refractivity contribution is 6.05. The van der Waals surface area contributed by atoms with Crippen molar-refractivity contribution in [3.63, 3.8) is 0 Å². The van der Waals surface area contributed by atoms with Gasteiger partial charge < -0.3 is 15.3 Å². The first-order chi connectivity index (χ1) is 14.4. The zero-order chi connectivity index (χ0) is 21.3. The summed E-state index contributed by atoms with van der Waals surface area (Å²) in [5.74, 6) is -3.57. The Morgan fingerprint density at radius 2 is 2.10 bits per heavy atom. The number of nitrogens with one attached hydrogen (secondary N) is 2. The van der Waals surface area contributed by atoms with E-state index < -0.39 is 31.0 Å². The first-order valence-electron chi connectivity index (χ1n) is 9.42. The number of rotatable bonds is 5. The van der Waals surface area contributed by atoms with E-state index in [0.717, 1.165) is 13.0 Å². The van der Waals surface area contributed by atoms with Gasteiger partial charge in [0.2, 0.25) is 0 Å². The van der Waals surface area contributed by atoms with Crippen LogP contribution in [-0.4, -0.2) is 65.2 Å². The lowest BCUT2D eigenvalue weighted by atomic mass is 10.1. The molecule has 0 unspecified atom stereocenters. The standard InChI is InChI=1S/C19H20F2N6O3/c20-19(21,11-28)10-23-17(29)13-4-5-14-16(24-13)27(12-6-8-26(14)9-12)18(30)25-15-3-1-2-7-22-15/h1-5,7,12,28H,6,8-11H2,(H,23,29)(H,22,25,30)/t12-/m0/s1. The van der Waals surface area contributed by atoms with Crippen molar-refractivity contribution in [2.45, 2.75) is 18.4 Å². The topological polar surface area (TPSA) is 111 Å². The molecule has 2 aromatic heterocycles. The van der Waals surface area contributed by atoms with Crippen LogP contribution in [-0.2, 0) is 0 Å². The smallest absolute Gasteiger partial charge is 0.329 e. The Morgan fingerprint density at radius 1 is 1.27 bits per heavy atom. The normalized spacial score (nSPS) is 17.5. The zero-order valence-corrected chi connectivity index (χ0v) is 15.9. The molecule has 0 radical (unpaired) electrons. The SMILES string of the molecule is O=C(NCC(F)(F)CO)c1ccc2c(n1)N(C(=O)Nc1ccccn1)[C@H]1CCN2C1. The molecule has 11 heteroatoms. The molecule has 0 aliphatic carbocycles. The van der Waals surface area contributed by atoms with E-state index in [9.17, 15) is 18.4 Å². The van der Waals surface area contributed by atoms with Gasteiger partial charge in [-0.2, -0.15) is 0 Å². The molecular formula is C19H20F2N6O3. The summed E-state index contributed by atoms with van der Waals surface area (Å²) in [5, 5.41) is 13.4. The number of halogens is 2. The summed E-state index contributed by atoms with van der Waals surface area (Å²) in [5.41, 5.74) is 0.595. The Morgan fingerprint density at radius 3 is 2.83 bits per heavy atom. The third kappa shape index (κ3) is 3.88. The summed E-state index contributed by atoms with van der Waals surface area (Å²) < 4.78 is 26.5. The second-order valence-corrected chi connectivity index (χ2v) is 7.14. The van der Waals surface area contributed by atoms with Crippen LogP contribution in [0.5, 0.6) is 0 Å². The molecule has 4 rings (SSSR count). The predicted molar refractivity (Wildman–Crippen MR) is 105 cm³/mol. The number of hydrogen-bond acceptors (Lipinski definition) is 6. The van der Waals surface area contributed by atoms with Crippen molar-refractivity contribution in [3.8, 4) is 0 Å². The fraction of sp³-hybridized carbons (Fsp3) is 0.368.